The van der Waals surface area contributed by atoms with Crippen molar-refractivity contribution in [2.24, 2.45) is 11.8 Å². The minimum atomic E-state index is -1.07. The molecule has 1 saturated carbocycles. The Labute approximate surface area is 82.7 Å². The molecule has 0 radical (unpaired) electrons. The molecule has 0 aromatic rings. The van der Waals surface area contributed by atoms with E-state index < -0.39 is 11.1 Å². The maximum Gasteiger partial charge on any atom is 0.161 e. The molecule has 13 heavy (non-hydrogen) atoms. The molecule has 1 aliphatic carbocycles. The van der Waals surface area contributed by atoms with Crippen molar-refractivity contribution in [3.8, 4) is 0 Å². The van der Waals surface area contributed by atoms with Crippen LogP contribution in [0.2, 0.25) is 0 Å². The van der Waals surface area contributed by atoms with Crippen molar-refractivity contribution in [2.45, 2.75) is 50.9 Å². The highest BCUT2D eigenvalue weighted by atomic mass is 32.2. The van der Waals surface area contributed by atoms with Crippen LogP contribution in [0.15, 0.2) is 0 Å². The third-order valence-electron chi connectivity index (χ3n) is 3.59. The maximum absolute atomic E-state index is 11.7. The van der Waals surface area contributed by atoms with Crippen LogP contribution in [0, 0.1) is 11.8 Å². The standard InChI is InChI=1S/C10H18O2S/c1-7-4-5-8-9(6-7)12-13(11)10(8,2)3/h7-9H,4-6H2,1-3H3/t7-,8-,9-,13?/m1/s1. The summed E-state index contributed by atoms with van der Waals surface area (Å²) in [7, 11) is 0. The molecule has 0 aromatic carbocycles. The normalized spacial score (nSPS) is 48.8. The smallest absolute Gasteiger partial charge is 0.161 e. The van der Waals surface area contributed by atoms with Gasteiger partial charge in [-0.25, -0.2) is 4.21 Å². The predicted molar refractivity (Wildman–Crippen MR) is 53.6 cm³/mol. The second-order valence-corrected chi connectivity index (χ2v) is 6.71. The maximum atomic E-state index is 11.7. The van der Waals surface area contributed by atoms with Gasteiger partial charge in [0.15, 0.2) is 11.1 Å². The SMILES string of the molecule is C[C@@H]1CC[C@@H]2[C@@H](C1)OS(=O)C2(C)C. The van der Waals surface area contributed by atoms with Crippen molar-refractivity contribution in [3.05, 3.63) is 0 Å². The second-order valence-electron chi connectivity index (χ2n) is 5.00. The lowest BCUT2D eigenvalue weighted by molar-refractivity contribution is 0.103. The number of fused-ring (bicyclic) bond motifs is 1. The van der Waals surface area contributed by atoms with Crippen LogP contribution in [0.4, 0.5) is 0 Å². The summed E-state index contributed by atoms with van der Waals surface area (Å²) in [4.78, 5) is 0. The van der Waals surface area contributed by atoms with Gasteiger partial charge in [0.25, 0.3) is 0 Å². The van der Waals surface area contributed by atoms with Crippen molar-refractivity contribution >= 4 is 11.1 Å². The first-order chi connectivity index (χ1) is 6.01. The van der Waals surface area contributed by atoms with E-state index in [9.17, 15) is 4.21 Å². The first kappa shape index (κ1) is 9.66. The first-order valence-corrected chi connectivity index (χ1v) is 6.18. The molecule has 0 bridgehead atoms. The van der Waals surface area contributed by atoms with E-state index in [0.717, 1.165) is 12.3 Å². The lowest BCUT2D eigenvalue weighted by atomic mass is 9.75. The van der Waals surface area contributed by atoms with Crippen LogP contribution < -0.4 is 0 Å². The van der Waals surface area contributed by atoms with Crippen LogP contribution in [0.25, 0.3) is 0 Å². The molecule has 1 aliphatic heterocycles. The molecule has 1 unspecified atom stereocenters. The highest BCUT2D eigenvalue weighted by molar-refractivity contribution is 7.81. The van der Waals surface area contributed by atoms with Gasteiger partial charge in [0.2, 0.25) is 0 Å². The zero-order valence-corrected chi connectivity index (χ0v) is 9.39. The van der Waals surface area contributed by atoms with E-state index in [-0.39, 0.29) is 10.9 Å². The molecule has 76 valence electrons. The van der Waals surface area contributed by atoms with Crippen LogP contribution in [0.3, 0.4) is 0 Å². The molecule has 0 aromatic heterocycles. The number of hydrogen-bond acceptors (Lipinski definition) is 2. The molecular weight excluding hydrogens is 184 g/mol. The molecule has 2 aliphatic rings. The van der Waals surface area contributed by atoms with E-state index in [2.05, 4.69) is 20.8 Å². The molecule has 0 spiro atoms. The van der Waals surface area contributed by atoms with Crippen molar-refractivity contribution < 1.29 is 8.39 Å². The summed E-state index contributed by atoms with van der Waals surface area (Å²) in [5.74, 6) is 1.26. The number of rotatable bonds is 0. The Morgan fingerprint density at radius 1 is 1.38 bits per heavy atom. The first-order valence-electron chi connectivity index (χ1n) is 5.11. The van der Waals surface area contributed by atoms with Gasteiger partial charge >= 0.3 is 0 Å². The summed E-state index contributed by atoms with van der Waals surface area (Å²) in [5.41, 5.74) is 0. The lowest BCUT2D eigenvalue weighted by Crippen LogP contribution is -2.36. The third-order valence-corrected chi connectivity index (χ3v) is 5.17. The average Bonchev–Trinajstić information content (AvgIpc) is 2.23. The summed E-state index contributed by atoms with van der Waals surface area (Å²) in [6.45, 7) is 6.40. The summed E-state index contributed by atoms with van der Waals surface area (Å²) in [6.07, 6.45) is 3.81. The molecule has 1 saturated heterocycles. The van der Waals surface area contributed by atoms with Crippen LogP contribution in [-0.2, 0) is 15.3 Å². The zero-order chi connectivity index (χ0) is 9.64. The average molecular weight is 202 g/mol. The lowest BCUT2D eigenvalue weighted by Gasteiger charge is -2.32. The monoisotopic (exact) mass is 202 g/mol. The van der Waals surface area contributed by atoms with Gasteiger partial charge in [-0.15, -0.1) is 0 Å². The van der Waals surface area contributed by atoms with E-state index in [1.54, 1.807) is 0 Å². The van der Waals surface area contributed by atoms with Crippen LogP contribution >= 0.6 is 0 Å². The Bertz CT molecular complexity index is 237. The minimum Gasteiger partial charge on any atom is -0.286 e. The Balaban J connectivity index is 2.18. The summed E-state index contributed by atoms with van der Waals surface area (Å²) in [5, 5.41) is 0. The molecule has 1 heterocycles. The van der Waals surface area contributed by atoms with E-state index in [1.165, 1.54) is 12.8 Å². The molecule has 2 nitrogen and oxygen atoms in total. The summed E-state index contributed by atoms with van der Waals surface area (Å²) < 4.78 is 17.1. The Kier molecular flexibility index (Phi) is 2.27. The number of hydrogen-bond donors (Lipinski definition) is 0. The van der Waals surface area contributed by atoms with Gasteiger partial charge in [0.05, 0.1) is 10.9 Å². The van der Waals surface area contributed by atoms with E-state index in [4.69, 9.17) is 4.18 Å². The molecule has 4 atom stereocenters. The summed E-state index contributed by atoms with van der Waals surface area (Å²) in [6, 6.07) is 0. The molecule has 3 heteroatoms. The Morgan fingerprint density at radius 2 is 2.08 bits per heavy atom. The van der Waals surface area contributed by atoms with Gasteiger partial charge in [0, 0.05) is 5.92 Å². The van der Waals surface area contributed by atoms with E-state index in [1.807, 2.05) is 0 Å². The highest BCUT2D eigenvalue weighted by Gasteiger charge is 2.50. The Morgan fingerprint density at radius 3 is 2.77 bits per heavy atom. The molecule has 0 N–H and O–H groups in total. The van der Waals surface area contributed by atoms with E-state index in [0.29, 0.717) is 5.92 Å². The molecule has 0 amide bonds. The van der Waals surface area contributed by atoms with Gasteiger partial charge < -0.3 is 0 Å². The van der Waals surface area contributed by atoms with Gasteiger partial charge in [0.1, 0.15) is 0 Å². The van der Waals surface area contributed by atoms with Crippen molar-refractivity contribution in [3.63, 3.8) is 0 Å². The molecule has 2 rings (SSSR count). The van der Waals surface area contributed by atoms with Gasteiger partial charge in [-0.2, -0.15) is 0 Å². The fourth-order valence-electron chi connectivity index (χ4n) is 2.59. The minimum absolute atomic E-state index is 0.120. The van der Waals surface area contributed by atoms with Crippen LogP contribution in [-0.4, -0.2) is 15.1 Å². The van der Waals surface area contributed by atoms with Gasteiger partial charge in [-0.05, 0) is 32.6 Å². The predicted octanol–water partition coefficient (Wildman–Crippen LogP) is 2.26. The molecule has 2 fully saturated rings. The largest absolute Gasteiger partial charge is 0.286 e. The van der Waals surface area contributed by atoms with Crippen molar-refractivity contribution in [2.75, 3.05) is 0 Å². The Hall–Kier alpha value is 0.110. The van der Waals surface area contributed by atoms with Crippen LogP contribution in [0.5, 0.6) is 0 Å². The van der Waals surface area contributed by atoms with Crippen LogP contribution in [0.1, 0.15) is 40.0 Å². The van der Waals surface area contributed by atoms with Crippen molar-refractivity contribution in [1.82, 2.24) is 0 Å². The fourth-order valence-corrected chi connectivity index (χ4v) is 3.79. The van der Waals surface area contributed by atoms with E-state index >= 15 is 0 Å². The molecular formula is C10H18O2S. The van der Waals surface area contributed by atoms with Gasteiger partial charge in [-0.1, -0.05) is 13.3 Å². The highest BCUT2D eigenvalue weighted by Crippen LogP contribution is 2.45. The third kappa shape index (κ3) is 1.46. The van der Waals surface area contributed by atoms with Crippen molar-refractivity contribution in [1.29, 1.82) is 0 Å². The van der Waals surface area contributed by atoms with Gasteiger partial charge in [-0.3, -0.25) is 4.18 Å². The summed E-state index contributed by atoms with van der Waals surface area (Å²) >= 11 is -1.07. The zero-order valence-electron chi connectivity index (χ0n) is 8.58. The second kappa shape index (κ2) is 3.06. The topological polar surface area (TPSA) is 26.3 Å². The quantitative estimate of drug-likeness (QED) is 0.602. The fraction of sp³-hybridized carbons (Fsp3) is 1.00.